The number of aromatic nitrogens is 1. The highest BCUT2D eigenvalue weighted by atomic mass is 35.5. The topological polar surface area (TPSA) is 42.0 Å². The largest absolute Gasteiger partial charge is 0.346 e. The fourth-order valence-corrected chi connectivity index (χ4v) is 2.23. The Balaban J connectivity index is 2.16. The van der Waals surface area contributed by atoms with E-state index in [0.717, 1.165) is 5.69 Å². The number of rotatable bonds is 4. The van der Waals surface area contributed by atoms with Crippen LogP contribution >= 0.6 is 11.6 Å². The van der Waals surface area contributed by atoms with Gasteiger partial charge in [0.25, 0.3) is 5.91 Å². The van der Waals surface area contributed by atoms with Crippen molar-refractivity contribution in [1.29, 1.82) is 0 Å². The smallest absolute Gasteiger partial charge is 0.251 e. The van der Waals surface area contributed by atoms with Gasteiger partial charge in [-0.1, -0.05) is 30.7 Å². The number of nitrogens with zero attached hydrogens (tertiary/aromatic N) is 1. The van der Waals surface area contributed by atoms with Gasteiger partial charge in [0.1, 0.15) is 11.0 Å². The predicted molar refractivity (Wildman–Crippen MR) is 80.9 cm³/mol. The van der Waals surface area contributed by atoms with E-state index >= 15 is 0 Å². The molecule has 0 aliphatic rings. The van der Waals surface area contributed by atoms with E-state index in [9.17, 15) is 9.18 Å². The van der Waals surface area contributed by atoms with E-state index < -0.39 is 0 Å². The summed E-state index contributed by atoms with van der Waals surface area (Å²) in [5, 5.41) is 3.12. The number of carbonyl (C=O) groups is 1. The maximum atomic E-state index is 13.2. The second kappa shape index (κ2) is 6.68. The Kier molecular flexibility index (Phi) is 4.91. The normalized spacial score (nSPS) is 12.0. The van der Waals surface area contributed by atoms with Crippen LogP contribution in [0.15, 0.2) is 36.4 Å². The Labute approximate surface area is 128 Å². The average Bonchev–Trinajstić information content (AvgIpc) is 2.46. The van der Waals surface area contributed by atoms with Gasteiger partial charge >= 0.3 is 0 Å². The summed E-state index contributed by atoms with van der Waals surface area (Å²) in [7, 11) is 0. The summed E-state index contributed by atoms with van der Waals surface area (Å²) >= 11 is 5.91. The van der Waals surface area contributed by atoms with Gasteiger partial charge in [0, 0.05) is 11.3 Å². The van der Waals surface area contributed by atoms with Crippen molar-refractivity contribution in [2.24, 2.45) is 0 Å². The molecule has 5 heteroatoms. The lowest BCUT2D eigenvalue weighted by molar-refractivity contribution is 0.0939. The van der Waals surface area contributed by atoms with Crippen LogP contribution in [0.5, 0.6) is 0 Å². The molecule has 0 saturated heterocycles. The minimum atomic E-state index is -0.325. The number of halogens is 2. The van der Waals surface area contributed by atoms with Crippen LogP contribution in [0, 0.1) is 5.82 Å². The first-order valence-corrected chi connectivity index (χ1v) is 7.10. The van der Waals surface area contributed by atoms with E-state index in [2.05, 4.69) is 10.3 Å². The van der Waals surface area contributed by atoms with Crippen LogP contribution in [0.4, 0.5) is 4.39 Å². The second-order valence-electron chi connectivity index (χ2n) is 4.77. The van der Waals surface area contributed by atoms with Gasteiger partial charge in [-0.2, -0.15) is 0 Å². The number of hydrogen-bond acceptors (Lipinski definition) is 2. The number of pyridine rings is 1. The molecule has 0 fully saturated rings. The highest BCUT2D eigenvalue weighted by molar-refractivity contribution is 6.29. The van der Waals surface area contributed by atoms with Crippen molar-refractivity contribution >= 4 is 17.5 Å². The summed E-state index contributed by atoms with van der Waals surface area (Å²) in [5.74, 6) is -0.584. The summed E-state index contributed by atoms with van der Waals surface area (Å²) in [6, 6.07) is 9.09. The van der Waals surface area contributed by atoms with Gasteiger partial charge in [0.2, 0.25) is 0 Å². The lowest BCUT2D eigenvalue weighted by Gasteiger charge is -2.15. The molecule has 1 unspecified atom stereocenters. The number of nitrogens with one attached hydrogen (secondary N) is 1. The van der Waals surface area contributed by atoms with E-state index in [1.807, 2.05) is 6.92 Å². The Morgan fingerprint density at radius 1 is 1.38 bits per heavy atom. The molecule has 0 aliphatic carbocycles. The molecule has 2 rings (SSSR count). The molecule has 0 radical (unpaired) electrons. The molecule has 3 nitrogen and oxygen atoms in total. The molecule has 0 spiro atoms. The Bertz CT molecular complexity index is 660. The zero-order valence-electron chi connectivity index (χ0n) is 11.9. The number of aryl methyl sites for hydroxylation is 1. The first-order chi connectivity index (χ1) is 9.99. The molecular weight excluding hydrogens is 291 g/mol. The highest BCUT2D eigenvalue weighted by Gasteiger charge is 2.13. The third-order valence-electron chi connectivity index (χ3n) is 3.17. The molecule has 1 aromatic carbocycles. The maximum absolute atomic E-state index is 13.2. The predicted octanol–water partition coefficient (Wildman–Crippen LogP) is 3.93. The third-order valence-corrected chi connectivity index (χ3v) is 3.36. The Hall–Kier alpha value is -1.94. The van der Waals surface area contributed by atoms with Crippen LogP contribution in [0.2, 0.25) is 5.15 Å². The minimum absolute atomic E-state index is 0.259. The first-order valence-electron chi connectivity index (χ1n) is 6.72. The average molecular weight is 307 g/mol. The fraction of sp³-hybridized carbons (Fsp3) is 0.250. The molecule has 1 aromatic heterocycles. The van der Waals surface area contributed by atoms with E-state index in [-0.39, 0.29) is 22.9 Å². The van der Waals surface area contributed by atoms with Crippen molar-refractivity contribution in [3.63, 3.8) is 0 Å². The first kappa shape index (κ1) is 15.4. The molecule has 110 valence electrons. The molecule has 1 amide bonds. The van der Waals surface area contributed by atoms with Gasteiger partial charge in [0.15, 0.2) is 0 Å². The van der Waals surface area contributed by atoms with Crippen LogP contribution in [0.3, 0.4) is 0 Å². The van der Waals surface area contributed by atoms with Gasteiger partial charge in [-0.3, -0.25) is 4.79 Å². The molecule has 1 heterocycles. The summed E-state index contributed by atoms with van der Waals surface area (Å²) in [4.78, 5) is 16.4. The molecule has 1 atom stereocenters. The van der Waals surface area contributed by atoms with Crippen molar-refractivity contribution in [2.45, 2.75) is 26.3 Å². The van der Waals surface area contributed by atoms with Gasteiger partial charge in [-0.15, -0.1) is 0 Å². The lowest BCUT2D eigenvalue weighted by atomic mass is 10.1. The van der Waals surface area contributed by atoms with Gasteiger partial charge in [-0.05, 0) is 43.2 Å². The quantitative estimate of drug-likeness (QED) is 0.870. The van der Waals surface area contributed by atoms with E-state index in [4.69, 9.17) is 11.6 Å². The summed E-state index contributed by atoms with van der Waals surface area (Å²) in [6.07, 6.45) is 0.695. The third kappa shape index (κ3) is 4.02. The maximum Gasteiger partial charge on any atom is 0.251 e. The molecule has 21 heavy (non-hydrogen) atoms. The highest BCUT2D eigenvalue weighted by Crippen LogP contribution is 2.16. The van der Waals surface area contributed by atoms with Gasteiger partial charge in [0.05, 0.1) is 6.04 Å². The van der Waals surface area contributed by atoms with E-state index in [1.54, 1.807) is 25.1 Å². The fourth-order valence-electron chi connectivity index (χ4n) is 2.00. The molecule has 0 saturated carbocycles. The summed E-state index contributed by atoms with van der Waals surface area (Å²) in [5.41, 5.74) is 1.92. The zero-order chi connectivity index (χ0) is 15.4. The summed E-state index contributed by atoms with van der Waals surface area (Å²) in [6.45, 7) is 3.74. The van der Waals surface area contributed by atoms with Crippen molar-refractivity contribution < 1.29 is 9.18 Å². The van der Waals surface area contributed by atoms with Crippen molar-refractivity contribution in [3.8, 4) is 0 Å². The van der Waals surface area contributed by atoms with Crippen molar-refractivity contribution in [3.05, 3.63) is 64.2 Å². The molecule has 0 aliphatic heterocycles. The molecule has 0 bridgehead atoms. The molecule has 1 N–H and O–H groups in total. The molecule has 2 aromatic rings. The van der Waals surface area contributed by atoms with Crippen LogP contribution in [0.1, 0.15) is 41.5 Å². The Morgan fingerprint density at radius 3 is 2.81 bits per heavy atom. The lowest BCUT2D eigenvalue weighted by Crippen LogP contribution is -2.26. The monoisotopic (exact) mass is 306 g/mol. The number of benzene rings is 1. The SMILES string of the molecule is CCc1cc(C(=O)NC(C)c2cccc(F)c2)cc(Cl)n1. The van der Waals surface area contributed by atoms with Crippen LogP contribution in [0.25, 0.3) is 0 Å². The van der Waals surface area contributed by atoms with Crippen molar-refractivity contribution in [2.75, 3.05) is 0 Å². The molecular formula is C16H16ClFN2O. The zero-order valence-corrected chi connectivity index (χ0v) is 12.6. The van der Waals surface area contributed by atoms with Crippen LogP contribution < -0.4 is 5.32 Å². The number of carbonyl (C=O) groups excluding carboxylic acids is 1. The van der Waals surface area contributed by atoms with E-state index in [0.29, 0.717) is 17.5 Å². The van der Waals surface area contributed by atoms with Crippen molar-refractivity contribution in [1.82, 2.24) is 10.3 Å². The van der Waals surface area contributed by atoms with Crippen LogP contribution in [-0.2, 0) is 6.42 Å². The van der Waals surface area contributed by atoms with Gasteiger partial charge < -0.3 is 5.32 Å². The van der Waals surface area contributed by atoms with Crippen LogP contribution in [-0.4, -0.2) is 10.9 Å². The standard InChI is InChI=1S/C16H16ClFN2O/c1-3-14-8-12(9-15(17)20-14)16(21)19-10(2)11-5-4-6-13(18)7-11/h4-10H,3H2,1-2H3,(H,19,21). The second-order valence-corrected chi connectivity index (χ2v) is 5.16. The number of amides is 1. The van der Waals surface area contributed by atoms with E-state index in [1.165, 1.54) is 18.2 Å². The number of hydrogen-bond donors (Lipinski definition) is 1. The summed E-state index contributed by atoms with van der Waals surface area (Å²) < 4.78 is 13.2. The minimum Gasteiger partial charge on any atom is -0.346 e. The Morgan fingerprint density at radius 2 is 2.14 bits per heavy atom. The van der Waals surface area contributed by atoms with Gasteiger partial charge in [-0.25, -0.2) is 9.37 Å².